The summed E-state index contributed by atoms with van der Waals surface area (Å²) in [6, 6.07) is 34.2. The highest BCUT2D eigenvalue weighted by Crippen LogP contribution is 2.45. The number of methoxy groups -OCH3 is 2. The summed E-state index contributed by atoms with van der Waals surface area (Å²) < 4.78 is 17.0. The van der Waals surface area contributed by atoms with Crippen LogP contribution in [0.15, 0.2) is 138 Å². The lowest BCUT2D eigenvalue weighted by atomic mass is 9.77. The first-order chi connectivity index (χ1) is 21.4. The lowest BCUT2D eigenvalue weighted by Gasteiger charge is -2.43. The van der Waals surface area contributed by atoms with Gasteiger partial charge in [-0.15, -0.1) is 0 Å². The van der Waals surface area contributed by atoms with E-state index in [0.717, 1.165) is 11.1 Å². The number of Topliss-reactive ketones (excluding diaryl/α,β-unsaturated/α-hetero) is 1. The van der Waals surface area contributed by atoms with Gasteiger partial charge in [-0.2, -0.15) is 0 Å². The maximum absolute atomic E-state index is 14.9. The second-order valence-corrected chi connectivity index (χ2v) is 10.5. The molecular weight excluding hydrogens is 578 g/mol. The van der Waals surface area contributed by atoms with Crippen LogP contribution in [0, 0.1) is 0 Å². The average Bonchev–Trinajstić information content (AvgIpc) is 3.06. The van der Waals surface area contributed by atoms with E-state index >= 15 is 0 Å². The molecule has 222 valence electrons. The van der Waals surface area contributed by atoms with Crippen LogP contribution in [0.4, 0.5) is 0 Å². The van der Waals surface area contributed by atoms with Crippen LogP contribution < -0.4 is 0 Å². The molecule has 0 heterocycles. The minimum absolute atomic E-state index is 0.0172. The van der Waals surface area contributed by atoms with E-state index in [1.807, 2.05) is 65.6 Å². The van der Waals surface area contributed by atoms with Crippen molar-refractivity contribution in [1.29, 1.82) is 0 Å². The maximum atomic E-state index is 14.9. The van der Waals surface area contributed by atoms with E-state index in [9.17, 15) is 14.4 Å². The molecule has 0 fully saturated rings. The molecule has 4 aromatic carbocycles. The van der Waals surface area contributed by atoms with E-state index in [4.69, 9.17) is 25.8 Å². The zero-order chi connectivity index (χ0) is 31.1. The fraction of sp³-hybridized carbons (Fsp3) is 0.139. The monoisotopic (exact) mass is 607 g/mol. The van der Waals surface area contributed by atoms with Gasteiger partial charge in [0.2, 0.25) is 11.4 Å². The fourth-order valence-electron chi connectivity index (χ4n) is 5.22. The van der Waals surface area contributed by atoms with Crippen LogP contribution in [0.2, 0.25) is 5.02 Å². The Balaban J connectivity index is 1.81. The van der Waals surface area contributed by atoms with Gasteiger partial charge in [0.05, 0.1) is 25.5 Å². The largest absolute Gasteiger partial charge is 0.496 e. The van der Waals surface area contributed by atoms with Crippen molar-refractivity contribution in [2.24, 2.45) is 0 Å². The minimum atomic E-state index is -2.15. The van der Waals surface area contributed by atoms with E-state index in [0.29, 0.717) is 18.1 Å². The number of carbonyl (C=O) groups excluding carboxylic acids is 3. The number of carbonyl (C=O) groups is 3. The first kappa shape index (κ1) is 30.3. The molecule has 1 aliphatic carbocycles. The number of rotatable bonds is 10. The third-order valence-electron chi connectivity index (χ3n) is 7.29. The molecule has 7 nitrogen and oxygen atoms in total. The van der Waals surface area contributed by atoms with Gasteiger partial charge in [-0.1, -0.05) is 103 Å². The molecule has 0 spiro atoms. The second-order valence-electron chi connectivity index (χ2n) is 10.1. The lowest BCUT2D eigenvalue weighted by Crippen LogP contribution is -2.51. The predicted octanol–water partition coefficient (Wildman–Crippen LogP) is 6.63. The normalized spacial score (nSPS) is 16.2. The van der Waals surface area contributed by atoms with Crippen molar-refractivity contribution in [3.8, 4) is 0 Å². The van der Waals surface area contributed by atoms with Gasteiger partial charge in [0, 0.05) is 29.8 Å². The number of ether oxygens (including phenoxy) is 3. The third kappa shape index (κ3) is 6.14. The molecule has 1 aliphatic rings. The van der Waals surface area contributed by atoms with Gasteiger partial charge in [0.25, 0.3) is 0 Å². The van der Waals surface area contributed by atoms with Crippen molar-refractivity contribution in [3.05, 3.63) is 166 Å². The molecule has 5 rings (SSSR count). The van der Waals surface area contributed by atoms with Crippen molar-refractivity contribution < 1.29 is 28.6 Å². The Bertz CT molecular complexity index is 1680. The molecule has 0 amide bonds. The Morgan fingerprint density at radius 1 is 0.750 bits per heavy atom. The Labute approximate surface area is 260 Å². The van der Waals surface area contributed by atoms with Crippen molar-refractivity contribution in [3.63, 3.8) is 0 Å². The fourth-order valence-corrected chi connectivity index (χ4v) is 5.41. The molecule has 8 heteroatoms. The summed E-state index contributed by atoms with van der Waals surface area (Å²) in [7, 11) is 2.53. The predicted molar refractivity (Wildman–Crippen MR) is 166 cm³/mol. The van der Waals surface area contributed by atoms with Crippen molar-refractivity contribution >= 4 is 29.3 Å². The Morgan fingerprint density at radius 3 is 1.84 bits per heavy atom. The quantitative estimate of drug-likeness (QED) is 0.148. The number of benzene rings is 4. The van der Waals surface area contributed by atoms with Gasteiger partial charge in [-0.3, -0.25) is 4.79 Å². The average molecular weight is 608 g/mol. The Morgan fingerprint density at radius 2 is 1.32 bits per heavy atom. The zero-order valence-corrected chi connectivity index (χ0v) is 25.0. The molecule has 4 aromatic rings. The standard InChI is InChI=1S/C36H30ClNO6/c1-42-30-22-31(38(23-25-13-6-3-7-14-25)24-26-15-8-4-9-16-26)36(28-19-12-20-29(37)21-28,33(39)32(30)35(41)43-2)44-34(40)27-17-10-5-11-18-27/h3-22H,23-24H2,1-2H3. The second kappa shape index (κ2) is 13.4. The lowest BCUT2D eigenvalue weighted by molar-refractivity contribution is -0.143. The number of nitrogens with zero attached hydrogens (tertiary/aromatic N) is 1. The highest BCUT2D eigenvalue weighted by atomic mass is 35.5. The number of hydrogen-bond donors (Lipinski definition) is 0. The zero-order valence-electron chi connectivity index (χ0n) is 24.2. The minimum Gasteiger partial charge on any atom is -0.496 e. The van der Waals surface area contributed by atoms with E-state index in [1.165, 1.54) is 14.2 Å². The molecule has 0 saturated carbocycles. The van der Waals surface area contributed by atoms with Gasteiger partial charge in [0.1, 0.15) is 11.3 Å². The highest BCUT2D eigenvalue weighted by molar-refractivity contribution is 6.31. The first-order valence-corrected chi connectivity index (χ1v) is 14.3. The molecule has 0 N–H and O–H groups in total. The number of esters is 2. The SMILES string of the molecule is COC(=O)C1=C(OC)C=C(N(Cc2ccccc2)Cc2ccccc2)C(OC(=O)c2ccccc2)(c2cccc(Cl)c2)C1=O. The molecule has 0 saturated heterocycles. The van der Waals surface area contributed by atoms with Gasteiger partial charge in [-0.25, -0.2) is 9.59 Å². The number of ketones is 1. The smallest absolute Gasteiger partial charge is 0.345 e. The third-order valence-corrected chi connectivity index (χ3v) is 7.53. The summed E-state index contributed by atoms with van der Waals surface area (Å²) in [5, 5.41) is 0.309. The van der Waals surface area contributed by atoms with Crippen LogP contribution >= 0.6 is 11.6 Å². The van der Waals surface area contributed by atoms with Crippen molar-refractivity contribution in [2.45, 2.75) is 18.7 Å². The summed E-state index contributed by atoms with van der Waals surface area (Å²) in [6.45, 7) is 0.648. The number of hydrogen-bond acceptors (Lipinski definition) is 7. The van der Waals surface area contributed by atoms with Crippen LogP contribution in [0.5, 0.6) is 0 Å². The van der Waals surface area contributed by atoms with Gasteiger partial charge in [0.15, 0.2) is 0 Å². The Hall–Kier alpha value is -5.14. The summed E-state index contributed by atoms with van der Waals surface area (Å²) in [5.41, 5.74) is 0.103. The topological polar surface area (TPSA) is 82.1 Å². The molecule has 1 atom stereocenters. The van der Waals surface area contributed by atoms with Crippen molar-refractivity contribution in [2.75, 3.05) is 14.2 Å². The molecule has 0 aliphatic heterocycles. The van der Waals surface area contributed by atoms with Gasteiger partial charge in [-0.05, 0) is 35.4 Å². The van der Waals surface area contributed by atoms with E-state index < -0.39 is 23.3 Å². The summed E-state index contributed by atoms with van der Waals surface area (Å²) in [5.74, 6) is -2.54. The van der Waals surface area contributed by atoms with E-state index in [2.05, 4.69) is 0 Å². The van der Waals surface area contributed by atoms with Gasteiger partial charge >= 0.3 is 11.9 Å². The van der Waals surface area contributed by atoms with Crippen LogP contribution in [0.3, 0.4) is 0 Å². The number of halogens is 1. The molecule has 0 radical (unpaired) electrons. The van der Waals surface area contributed by atoms with Crippen LogP contribution in [0.1, 0.15) is 27.0 Å². The van der Waals surface area contributed by atoms with Crippen molar-refractivity contribution in [1.82, 2.24) is 4.90 Å². The Kier molecular flexibility index (Phi) is 9.26. The van der Waals surface area contributed by atoms with E-state index in [1.54, 1.807) is 60.7 Å². The van der Waals surface area contributed by atoms with Crippen LogP contribution in [-0.2, 0) is 42.5 Å². The maximum Gasteiger partial charge on any atom is 0.345 e. The van der Waals surface area contributed by atoms with E-state index in [-0.39, 0.29) is 28.2 Å². The summed E-state index contributed by atoms with van der Waals surface area (Å²) in [6.07, 6.45) is 1.57. The summed E-state index contributed by atoms with van der Waals surface area (Å²) >= 11 is 6.48. The van der Waals surface area contributed by atoms with Crippen LogP contribution in [0.25, 0.3) is 0 Å². The molecule has 0 aromatic heterocycles. The number of allylic oxidation sites excluding steroid dienone is 1. The molecule has 44 heavy (non-hydrogen) atoms. The molecule has 1 unspecified atom stereocenters. The summed E-state index contributed by atoms with van der Waals surface area (Å²) in [4.78, 5) is 43.9. The molecular formula is C36H30ClNO6. The molecule has 0 bridgehead atoms. The van der Waals surface area contributed by atoms with Crippen LogP contribution in [-0.4, -0.2) is 36.8 Å². The van der Waals surface area contributed by atoms with Gasteiger partial charge < -0.3 is 19.1 Å². The first-order valence-electron chi connectivity index (χ1n) is 13.9. The highest BCUT2D eigenvalue weighted by Gasteiger charge is 2.56.